The van der Waals surface area contributed by atoms with E-state index in [-0.39, 0.29) is 4.75 Å². The average Bonchev–Trinajstić information content (AvgIpc) is 1.57. The normalized spacial score (nSPS) is 24.0. The topological polar surface area (TPSA) is 26.3 Å². The van der Waals surface area contributed by atoms with Crippen LogP contribution in [0, 0.1) is 0 Å². The van der Waals surface area contributed by atoms with E-state index in [2.05, 4.69) is 0 Å². The molecule has 10 heavy (non-hydrogen) atoms. The summed E-state index contributed by atoms with van der Waals surface area (Å²) in [5, 5.41) is 0. The fourth-order valence-electron chi connectivity index (χ4n) is 0.840. The highest BCUT2D eigenvalue weighted by atomic mass is 32.2. The second-order valence-electron chi connectivity index (χ2n) is 3.64. The van der Waals surface area contributed by atoms with Gasteiger partial charge in [0.15, 0.2) is 0 Å². The van der Waals surface area contributed by atoms with Gasteiger partial charge >= 0.3 is 0 Å². The molecule has 1 aliphatic heterocycles. The number of hydrogen-bond acceptors (Lipinski definition) is 2. The Balaban J connectivity index is 2.39. The van der Waals surface area contributed by atoms with Gasteiger partial charge in [0.2, 0.25) is 0 Å². The zero-order valence-corrected chi connectivity index (χ0v) is 7.70. The van der Waals surface area contributed by atoms with Crippen molar-refractivity contribution in [2.45, 2.75) is 31.9 Å². The van der Waals surface area contributed by atoms with Gasteiger partial charge in [-0.15, -0.1) is 4.31 Å². The van der Waals surface area contributed by atoms with Crippen molar-refractivity contribution in [2.75, 3.05) is 13.1 Å². The number of hydrogen-bond donors (Lipinski definition) is 0. The largest absolute Gasteiger partial charge is 0.598 e. The molecular formula is C7H15NOS. The summed E-state index contributed by atoms with van der Waals surface area (Å²) in [5.74, 6) is 0. The van der Waals surface area contributed by atoms with E-state index < -0.39 is 11.4 Å². The minimum Gasteiger partial charge on any atom is -0.598 e. The van der Waals surface area contributed by atoms with Gasteiger partial charge in [0, 0.05) is 24.5 Å². The molecule has 0 aromatic heterocycles. The van der Waals surface area contributed by atoms with Gasteiger partial charge in [-0.1, -0.05) is 0 Å². The van der Waals surface area contributed by atoms with Crippen LogP contribution < -0.4 is 0 Å². The first kappa shape index (κ1) is 8.37. The van der Waals surface area contributed by atoms with Crippen LogP contribution in [-0.2, 0) is 11.4 Å². The van der Waals surface area contributed by atoms with Crippen molar-refractivity contribution < 1.29 is 4.55 Å². The Morgan fingerprint density at radius 1 is 1.30 bits per heavy atom. The summed E-state index contributed by atoms with van der Waals surface area (Å²) in [6.07, 6.45) is 1.21. The van der Waals surface area contributed by atoms with E-state index in [1.807, 2.05) is 25.1 Å². The van der Waals surface area contributed by atoms with E-state index in [4.69, 9.17) is 0 Å². The Bertz CT molecular complexity index is 117. The van der Waals surface area contributed by atoms with Crippen molar-refractivity contribution in [3.8, 4) is 0 Å². The van der Waals surface area contributed by atoms with Crippen molar-refractivity contribution in [3.05, 3.63) is 0 Å². The predicted octanol–water partition coefficient (Wildman–Crippen LogP) is 1.15. The van der Waals surface area contributed by atoms with Crippen molar-refractivity contribution in [2.24, 2.45) is 0 Å². The summed E-state index contributed by atoms with van der Waals surface area (Å²) in [6.45, 7) is 8.08. The lowest BCUT2D eigenvalue weighted by atomic mass is 10.3. The maximum absolute atomic E-state index is 11.5. The average molecular weight is 161 g/mol. The van der Waals surface area contributed by atoms with E-state index in [0.717, 1.165) is 13.1 Å². The molecule has 60 valence electrons. The summed E-state index contributed by atoms with van der Waals surface area (Å²) >= 11 is -0.762. The maximum atomic E-state index is 11.5. The second kappa shape index (κ2) is 2.72. The lowest BCUT2D eigenvalue weighted by Gasteiger charge is -2.37. The molecular weight excluding hydrogens is 146 g/mol. The molecule has 1 aliphatic rings. The van der Waals surface area contributed by atoms with Gasteiger partial charge in [-0.3, -0.25) is 0 Å². The Hall–Kier alpha value is 0.270. The van der Waals surface area contributed by atoms with Crippen molar-refractivity contribution >= 4 is 11.4 Å². The lowest BCUT2D eigenvalue weighted by molar-refractivity contribution is 0.300. The molecule has 0 saturated carbocycles. The Morgan fingerprint density at radius 2 is 1.80 bits per heavy atom. The molecule has 0 spiro atoms. The van der Waals surface area contributed by atoms with Crippen LogP contribution in [-0.4, -0.2) is 26.7 Å². The molecule has 2 nitrogen and oxygen atoms in total. The van der Waals surface area contributed by atoms with E-state index in [9.17, 15) is 4.55 Å². The van der Waals surface area contributed by atoms with Crippen LogP contribution in [0.25, 0.3) is 0 Å². The Morgan fingerprint density at radius 3 is 1.90 bits per heavy atom. The summed E-state index contributed by atoms with van der Waals surface area (Å²) < 4.78 is 13.4. The van der Waals surface area contributed by atoms with E-state index in [1.54, 1.807) is 0 Å². The number of nitrogens with zero attached hydrogens (tertiary/aromatic N) is 1. The van der Waals surface area contributed by atoms with Gasteiger partial charge in [-0.05, 0) is 27.2 Å². The standard InChI is InChI=1S/C7H15NOS/c1-7(2,3)10(9)8-5-4-6-8/h4-6H2,1-3H3. The van der Waals surface area contributed by atoms with Gasteiger partial charge in [0.05, 0.1) is 0 Å². The molecule has 1 atom stereocenters. The highest BCUT2D eigenvalue weighted by Crippen LogP contribution is 2.24. The molecule has 0 aromatic rings. The highest BCUT2D eigenvalue weighted by Gasteiger charge is 2.36. The SMILES string of the molecule is CC(C)(C)[S+]([O-])N1CCC1. The van der Waals surface area contributed by atoms with Gasteiger partial charge in [0.25, 0.3) is 0 Å². The van der Waals surface area contributed by atoms with Gasteiger partial charge in [-0.2, -0.15) is 0 Å². The molecule has 0 aliphatic carbocycles. The molecule has 0 N–H and O–H groups in total. The minimum atomic E-state index is -0.762. The molecule has 0 aromatic carbocycles. The Kier molecular flexibility index (Phi) is 2.28. The fraction of sp³-hybridized carbons (Fsp3) is 1.00. The van der Waals surface area contributed by atoms with Crippen molar-refractivity contribution in [3.63, 3.8) is 0 Å². The zero-order chi connectivity index (χ0) is 7.78. The van der Waals surface area contributed by atoms with E-state index in [0.29, 0.717) is 0 Å². The predicted molar refractivity (Wildman–Crippen MR) is 44.1 cm³/mol. The van der Waals surface area contributed by atoms with E-state index >= 15 is 0 Å². The third-order valence-corrected chi connectivity index (χ3v) is 3.46. The monoisotopic (exact) mass is 161 g/mol. The molecule has 1 unspecified atom stereocenters. The third-order valence-electron chi connectivity index (χ3n) is 1.57. The third kappa shape index (κ3) is 1.65. The summed E-state index contributed by atoms with van der Waals surface area (Å²) in [4.78, 5) is 0. The van der Waals surface area contributed by atoms with Crippen LogP contribution in [0.3, 0.4) is 0 Å². The van der Waals surface area contributed by atoms with Gasteiger partial charge < -0.3 is 4.55 Å². The van der Waals surface area contributed by atoms with Gasteiger partial charge in [-0.25, -0.2) is 0 Å². The number of rotatable bonds is 1. The second-order valence-corrected chi connectivity index (χ2v) is 5.88. The van der Waals surface area contributed by atoms with E-state index in [1.165, 1.54) is 6.42 Å². The maximum Gasteiger partial charge on any atom is 0.137 e. The highest BCUT2D eigenvalue weighted by molar-refractivity contribution is 7.90. The van der Waals surface area contributed by atoms with Crippen LogP contribution in [0.4, 0.5) is 0 Å². The minimum absolute atomic E-state index is 0.0690. The first-order chi connectivity index (χ1) is 4.52. The summed E-state index contributed by atoms with van der Waals surface area (Å²) in [5.41, 5.74) is 0. The molecule has 1 saturated heterocycles. The molecule has 0 radical (unpaired) electrons. The first-order valence-corrected chi connectivity index (χ1v) is 4.79. The molecule has 3 heteroatoms. The van der Waals surface area contributed by atoms with Crippen LogP contribution in [0.5, 0.6) is 0 Å². The Labute approximate surface area is 65.9 Å². The zero-order valence-electron chi connectivity index (χ0n) is 6.89. The van der Waals surface area contributed by atoms with Crippen LogP contribution in [0.1, 0.15) is 27.2 Å². The quantitative estimate of drug-likeness (QED) is 0.539. The van der Waals surface area contributed by atoms with Gasteiger partial charge in [0.1, 0.15) is 4.75 Å². The summed E-state index contributed by atoms with van der Waals surface area (Å²) in [7, 11) is 0. The van der Waals surface area contributed by atoms with Crippen molar-refractivity contribution in [1.82, 2.24) is 4.31 Å². The summed E-state index contributed by atoms with van der Waals surface area (Å²) in [6, 6.07) is 0. The molecule has 1 fully saturated rings. The van der Waals surface area contributed by atoms with Crippen LogP contribution in [0.2, 0.25) is 0 Å². The first-order valence-electron chi connectivity index (χ1n) is 3.69. The molecule has 1 heterocycles. The molecule has 0 amide bonds. The molecule has 0 bridgehead atoms. The fourth-order valence-corrected chi connectivity index (χ4v) is 2.20. The van der Waals surface area contributed by atoms with Crippen LogP contribution in [0.15, 0.2) is 0 Å². The van der Waals surface area contributed by atoms with Crippen LogP contribution >= 0.6 is 0 Å². The van der Waals surface area contributed by atoms with Crippen molar-refractivity contribution in [1.29, 1.82) is 0 Å². The molecule has 1 rings (SSSR count). The lowest BCUT2D eigenvalue weighted by Crippen LogP contribution is -2.49. The smallest absolute Gasteiger partial charge is 0.137 e.